The monoisotopic (exact) mass is 335 g/mol. The van der Waals surface area contributed by atoms with Crippen LogP contribution < -0.4 is 10.1 Å². The lowest BCUT2D eigenvalue weighted by molar-refractivity contribution is 0.306. The quantitative estimate of drug-likeness (QED) is 0.889. The van der Waals surface area contributed by atoms with Crippen LogP contribution in [0.15, 0.2) is 40.9 Å². The number of nitrogens with one attached hydrogen (secondary N) is 1. The van der Waals surface area contributed by atoms with E-state index in [1.807, 2.05) is 18.2 Å². The van der Waals surface area contributed by atoms with Crippen LogP contribution in [-0.2, 0) is 13.0 Å². The number of hydrogen-bond acceptors (Lipinski definition) is 2. The van der Waals surface area contributed by atoms with Crippen LogP contribution in [0.2, 0.25) is 0 Å². The molecule has 2 nitrogen and oxygen atoms in total. The molecule has 20 heavy (non-hydrogen) atoms. The first kappa shape index (κ1) is 13.4. The number of aryl methyl sites for hydroxylation is 1. The van der Waals surface area contributed by atoms with E-state index in [4.69, 9.17) is 4.74 Å². The lowest BCUT2D eigenvalue weighted by atomic mass is 10.0. The van der Waals surface area contributed by atoms with Gasteiger partial charge in [-0.05, 0) is 48.2 Å². The first-order valence-corrected chi connectivity index (χ1v) is 7.45. The molecule has 2 aromatic carbocycles. The zero-order valence-electron chi connectivity index (χ0n) is 11.0. The van der Waals surface area contributed by atoms with E-state index >= 15 is 0 Å². The fourth-order valence-electron chi connectivity index (χ4n) is 2.45. The summed E-state index contributed by atoms with van der Waals surface area (Å²) in [6.07, 6.45) is 2.22. The van der Waals surface area contributed by atoms with Crippen LogP contribution in [0, 0.1) is 5.82 Å². The number of anilines is 1. The predicted molar refractivity (Wildman–Crippen MR) is 81.7 cm³/mol. The van der Waals surface area contributed by atoms with E-state index in [1.165, 1.54) is 17.7 Å². The second kappa shape index (κ2) is 5.83. The number of ether oxygens (including phenoxy) is 1. The van der Waals surface area contributed by atoms with Crippen molar-refractivity contribution in [3.8, 4) is 5.75 Å². The van der Waals surface area contributed by atoms with Gasteiger partial charge in [-0.25, -0.2) is 4.39 Å². The molecule has 104 valence electrons. The van der Waals surface area contributed by atoms with Gasteiger partial charge in [0.25, 0.3) is 0 Å². The third-order valence-corrected chi connectivity index (χ3v) is 3.81. The molecule has 0 radical (unpaired) electrons. The second-order valence-electron chi connectivity index (χ2n) is 4.89. The molecule has 0 amide bonds. The summed E-state index contributed by atoms with van der Waals surface area (Å²) in [7, 11) is 0. The van der Waals surface area contributed by atoms with Crippen molar-refractivity contribution in [2.24, 2.45) is 0 Å². The molecule has 1 N–H and O–H groups in total. The second-order valence-corrected chi connectivity index (χ2v) is 5.80. The molecule has 0 fully saturated rings. The van der Waals surface area contributed by atoms with E-state index in [0.29, 0.717) is 6.61 Å². The number of benzene rings is 2. The van der Waals surface area contributed by atoms with E-state index in [2.05, 4.69) is 27.3 Å². The average Bonchev–Trinajstić information content (AvgIpc) is 2.44. The highest BCUT2D eigenvalue weighted by Gasteiger charge is 2.13. The predicted octanol–water partition coefficient (Wildman–Crippen LogP) is 4.53. The third-order valence-electron chi connectivity index (χ3n) is 3.35. The highest BCUT2D eigenvalue weighted by atomic mass is 79.9. The number of para-hydroxylation sites is 1. The molecule has 4 heteroatoms. The topological polar surface area (TPSA) is 21.3 Å². The Balaban J connectivity index is 1.78. The maximum Gasteiger partial charge on any atom is 0.143 e. The Morgan fingerprint density at radius 3 is 3.00 bits per heavy atom. The van der Waals surface area contributed by atoms with Gasteiger partial charge in [-0.1, -0.05) is 28.1 Å². The third kappa shape index (κ3) is 2.96. The standard InChI is InChI=1S/C16H15BrFNO/c17-13-7-11(8-14(18)9-13)10-20-15-5-1-3-12-4-2-6-19-16(12)15/h1,3,5,7-9,19H,2,4,6,10H2. The van der Waals surface area contributed by atoms with Crippen molar-refractivity contribution in [2.75, 3.05) is 11.9 Å². The Bertz CT molecular complexity index is 610. The zero-order valence-corrected chi connectivity index (χ0v) is 12.5. The fraction of sp³-hybridized carbons (Fsp3) is 0.250. The highest BCUT2D eigenvalue weighted by molar-refractivity contribution is 9.10. The Hall–Kier alpha value is -1.55. The van der Waals surface area contributed by atoms with Crippen molar-refractivity contribution in [2.45, 2.75) is 19.4 Å². The smallest absolute Gasteiger partial charge is 0.143 e. The molecular weight excluding hydrogens is 321 g/mol. The summed E-state index contributed by atoms with van der Waals surface area (Å²) in [5.74, 6) is 0.578. The molecule has 0 aliphatic carbocycles. The summed E-state index contributed by atoms with van der Waals surface area (Å²) >= 11 is 3.29. The van der Waals surface area contributed by atoms with Gasteiger partial charge in [-0.3, -0.25) is 0 Å². The van der Waals surface area contributed by atoms with Crippen LogP contribution >= 0.6 is 15.9 Å². The van der Waals surface area contributed by atoms with Crippen molar-refractivity contribution in [1.82, 2.24) is 0 Å². The first-order valence-electron chi connectivity index (χ1n) is 6.66. The van der Waals surface area contributed by atoms with Crippen LogP contribution in [0.1, 0.15) is 17.5 Å². The summed E-state index contributed by atoms with van der Waals surface area (Å²) in [5, 5.41) is 3.38. The van der Waals surface area contributed by atoms with Crippen LogP contribution in [0.3, 0.4) is 0 Å². The molecular formula is C16H15BrFNO. The Kier molecular flexibility index (Phi) is 3.92. The Labute approximate surface area is 126 Å². The SMILES string of the molecule is Fc1cc(Br)cc(COc2cccc3c2NCCC3)c1. The molecule has 0 saturated carbocycles. The van der Waals surface area contributed by atoms with E-state index in [9.17, 15) is 4.39 Å². The Morgan fingerprint density at radius 2 is 2.15 bits per heavy atom. The summed E-state index contributed by atoms with van der Waals surface area (Å²) in [6, 6.07) is 10.9. The van der Waals surface area contributed by atoms with Gasteiger partial charge >= 0.3 is 0 Å². The van der Waals surface area contributed by atoms with Crippen molar-refractivity contribution in [3.05, 3.63) is 57.8 Å². The highest BCUT2D eigenvalue weighted by Crippen LogP contribution is 2.32. The molecule has 0 spiro atoms. The van der Waals surface area contributed by atoms with Gasteiger partial charge in [0.05, 0.1) is 5.69 Å². The van der Waals surface area contributed by atoms with Crippen molar-refractivity contribution < 1.29 is 9.13 Å². The number of fused-ring (bicyclic) bond motifs is 1. The van der Waals surface area contributed by atoms with E-state index in [-0.39, 0.29) is 5.82 Å². The van der Waals surface area contributed by atoms with E-state index in [1.54, 1.807) is 0 Å². The molecule has 0 aromatic heterocycles. The lowest BCUT2D eigenvalue weighted by Crippen LogP contribution is -2.13. The van der Waals surface area contributed by atoms with Gasteiger partial charge in [0, 0.05) is 11.0 Å². The van der Waals surface area contributed by atoms with Crippen LogP contribution in [0.5, 0.6) is 5.75 Å². The van der Waals surface area contributed by atoms with E-state index in [0.717, 1.165) is 40.9 Å². The molecule has 2 aromatic rings. The van der Waals surface area contributed by atoms with E-state index < -0.39 is 0 Å². The minimum absolute atomic E-state index is 0.258. The number of hydrogen-bond donors (Lipinski definition) is 1. The van der Waals surface area contributed by atoms with Crippen molar-refractivity contribution >= 4 is 21.6 Å². The van der Waals surface area contributed by atoms with Gasteiger partial charge < -0.3 is 10.1 Å². The normalized spacial score (nSPS) is 13.5. The molecule has 1 heterocycles. The van der Waals surface area contributed by atoms with Gasteiger partial charge in [0.1, 0.15) is 18.2 Å². The minimum atomic E-state index is -0.258. The number of rotatable bonds is 3. The molecule has 0 unspecified atom stereocenters. The molecule has 1 aliphatic heterocycles. The molecule has 3 rings (SSSR count). The van der Waals surface area contributed by atoms with Crippen LogP contribution in [-0.4, -0.2) is 6.54 Å². The summed E-state index contributed by atoms with van der Waals surface area (Å²) in [6.45, 7) is 1.33. The molecule has 0 saturated heterocycles. The van der Waals surface area contributed by atoms with Crippen LogP contribution in [0.25, 0.3) is 0 Å². The van der Waals surface area contributed by atoms with Gasteiger partial charge in [0.15, 0.2) is 0 Å². The zero-order chi connectivity index (χ0) is 13.9. The minimum Gasteiger partial charge on any atom is -0.487 e. The Morgan fingerprint density at radius 1 is 1.25 bits per heavy atom. The maximum absolute atomic E-state index is 13.3. The average molecular weight is 336 g/mol. The van der Waals surface area contributed by atoms with Gasteiger partial charge in [-0.15, -0.1) is 0 Å². The first-order chi connectivity index (χ1) is 9.72. The summed E-state index contributed by atoms with van der Waals surface area (Å²) in [5.41, 5.74) is 3.17. The fourth-order valence-corrected chi connectivity index (χ4v) is 2.97. The lowest BCUT2D eigenvalue weighted by Gasteiger charge is -2.21. The maximum atomic E-state index is 13.3. The largest absolute Gasteiger partial charge is 0.487 e. The van der Waals surface area contributed by atoms with Crippen LogP contribution in [0.4, 0.5) is 10.1 Å². The number of halogens is 2. The summed E-state index contributed by atoms with van der Waals surface area (Å²) in [4.78, 5) is 0. The van der Waals surface area contributed by atoms with Crippen molar-refractivity contribution in [3.63, 3.8) is 0 Å². The van der Waals surface area contributed by atoms with Crippen molar-refractivity contribution in [1.29, 1.82) is 0 Å². The molecule has 0 bridgehead atoms. The van der Waals surface area contributed by atoms with Gasteiger partial charge in [-0.2, -0.15) is 0 Å². The van der Waals surface area contributed by atoms with Gasteiger partial charge in [0.2, 0.25) is 0 Å². The molecule has 1 aliphatic rings. The molecule has 0 atom stereocenters. The summed E-state index contributed by atoms with van der Waals surface area (Å²) < 4.78 is 19.9.